The third-order valence-corrected chi connectivity index (χ3v) is 6.13. The largest absolute Gasteiger partial charge is 0.465 e. The number of imide groups is 1. The van der Waals surface area contributed by atoms with E-state index < -0.39 is 5.97 Å². The number of thioether (sulfide) groups is 1. The van der Waals surface area contributed by atoms with Crippen molar-refractivity contribution in [2.75, 3.05) is 7.11 Å². The van der Waals surface area contributed by atoms with Crippen LogP contribution in [0.2, 0.25) is 5.02 Å². The highest BCUT2D eigenvalue weighted by Gasteiger charge is 2.35. The molecule has 2 aromatic carbocycles. The summed E-state index contributed by atoms with van der Waals surface area (Å²) >= 11 is 6.94. The molecule has 6 nitrogen and oxygen atoms in total. The smallest absolute Gasteiger partial charge is 0.339 e. The molecule has 0 radical (unpaired) electrons. The molecule has 3 aromatic rings. The van der Waals surface area contributed by atoms with E-state index in [1.165, 1.54) is 12.0 Å². The molecular weight excluding hydrogens is 450 g/mol. The first-order chi connectivity index (χ1) is 15.4. The number of aryl methyl sites for hydroxylation is 1. The van der Waals surface area contributed by atoms with Crippen molar-refractivity contribution in [3.05, 3.63) is 87.0 Å². The van der Waals surface area contributed by atoms with E-state index in [4.69, 9.17) is 20.8 Å². The van der Waals surface area contributed by atoms with Crippen LogP contribution in [0.15, 0.2) is 63.9 Å². The van der Waals surface area contributed by atoms with Gasteiger partial charge >= 0.3 is 5.97 Å². The fraction of sp³-hybridized carbons (Fsp3) is 0.125. The van der Waals surface area contributed by atoms with Gasteiger partial charge in [-0.15, -0.1) is 0 Å². The second-order valence-corrected chi connectivity index (χ2v) is 8.54. The molecule has 1 fully saturated rings. The van der Waals surface area contributed by atoms with Crippen molar-refractivity contribution in [1.82, 2.24) is 4.90 Å². The zero-order valence-corrected chi connectivity index (χ0v) is 18.8. The molecule has 1 aliphatic rings. The molecule has 2 heterocycles. The lowest BCUT2D eigenvalue weighted by molar-refractivity contribution is -0.123. The topological polar surface area (TPSA) is 76.8 Å². The van der Waals surface area contributed by atoms with Crippen molar-refractivity contribution in [2.24, 2.45) is 0 Å². The van der Waals surface area contributed by atoms with E-state index in [9.17, 15) is 14.4 Å². The van der Waals surface area contributed by atoms with Crippen LogP contribution in [0.1, 0.15) is 27.2 Å². The van der Waals surface area contributed by atoms with Gasteiger partial charge in [0.05, 0.1) is 29.1 Å². The lowest BCUT2D eigenvalue weighted by Crippen LogP contribution is -2.27. The zero-order chi connectivity index (χ0) is 22.8. The van der Waals surface area contributed by atoms with E-state index in [1.807, 2.05) is 31.2 Å². The summed E-state index contributed by atoms with van der Waals surface area (Å²) in [6, 6.07) is 16.0. The third-order valence-electron chi connectivity index (χ3n) is 4.89. The van der Waals surface area contributed by atoms with Gasteiger partial charge in [-0.3, -0.25) is 14.5 Å². The maximum Gasteiger partial charge on any atom is 0.339 e. The minimum absolute atomic E-state index is 0.215. The molecule has 0 aliphatic carbocycles. The fourth-order valence-corrected chi connectivity index (χ4v) is 4.19. The molecule has 1 aromatic heterocycles. The first-order valence-corrected chi connectivity index (χ1v) is 10.8. The van der Waals surface area contributed by atoms with Crippen molar-refractivity contribution < 1.29 is 23.5 Å². The minimum atomic E-state index is -0.550. The Morgan fingerprint density at radius 1 is 1.12 bits per heavy atom. The first kappa shape index (κ1) is 21.9. The molecule has 0 unspecified atom stereocenters. The SMILES string of the molecule is COC(=O)c1cc(-c2ccc(/C=C3\SC(=O)N(Cc4ccc(C)cc4)C3=O)o2)ccc1Cl. The summed E-state index contributed by atoms with van der Waals surface area (Å²) in [7, 11) is 1.28. The van der Waals surface area contributed by atoms with Gasteiger partial charge in [0.25, 0.3) is 11.1 Å². The number of hydrogen-bond donors (Lipinski definition) is 0. The number of benzene rings is 2. The summed E-state index contributed by atoms with van der Waals surface area (Å²) in [5.41, 5.74) is 2.84. The maximum absolute atomic E-state index is 12.8. The van der Waals surface area contributed by atoms with Gasteiger partial charge in [-0.1, -0.05) is 41.4 Å². The van der Waals surface area contributed by atoms with Crippen LogP contribution in [0.25, 0.3) is 17.4 Å². The number of carbonyl (C=O) groups is 3. The van der Waals surface area contributed by atoms with Gasteiger partial charge in [-0.25, -0.2) is 4.79 Å². The van der Waals surface area contributed by atoms with Crippen LogP contribution in [-0.2, 0) is 16.1 Å². The van der Waals surface area contributed by atoms with Gasteiger partial charge in [-0.2, -0.15) is 0 Å². The summed E-state index contributed by atoms with van der Waals surface area (Å²) in [4.78, 5) is 38.5. The summed E-state index contributed by atoms with van der Waals surface area (Å²) in [5.74, 6) is -0.0174. The summed E-state index contributed by atoms with van der Waals surface area (Å²) < 4.78 is 10.6. The van der Waals surface area contributed by atoms with E-state index in [0.717, 1.165) is 22.9 Å². The van der Waals surface area contributed by atoms with E-state index in [-0.39, 0.29) is 33.2 Å². The van der Waals surface area contributed by atoms with Crippen LogP contribution in [0.5, 0.6) is 0 Å². The average Bonchev–Trinajstić information content (AvgIpc) is 3.35. The quantitative estimate of drug-likeness (QED) is 0.342. The standard InChI is InChI=1S/C24H18ClNO5S/c1-14-3-5-15(6-4-14)13-26-22(27)21(32-24(26)29)12-17-8-10-20(31-17)16-7-9-19(25)18(11-16)23(28)30-2/h3-12H,13H2,1-2H3/b21-12-. The Bertz CT molecular complexity index is 1250. The number of halogens is 1. The lowest BCUT2D eigenvalue weighted by Gasteiger charge is -2.12. The molecule has 0 bridgehead atoms. The van der Waals surface area contributed by atoms with E-state index >= 15 is 0 Å². The van der Waals surface area contributed by atoms with Crippen LogP contribution >= 0.6 is 23.4 Å². The molecule has 4 rings (SSSR count). The number of nitrogens with zero attached hydrogens (tertiary/aromatic N) is 1. The number of hydrogen-bond acceptors (Lipinski definition) is 6. The monoisotopic (exact) mass is 467 g/mol. The molecule has 0 N–H and O–H groups in total. The fourth-order valence-electron chi connectivity index (χ4n) is 3.17. The van der Waals surface area contributed by atoms with Gasteiger partial charge in [0.15, 0.2) is 0 Å². The van der Waals surface area contributed by atoms with Crippen molar-refractivity contribution in [1.29, 1.82) is 0 Å². The summed E-state index contributed by atoms with van der Waals surface area (Å²) in [6.45, 7) is 2.19. The van der Waals surface area contributed by atoms with Gasteiger partial charge < -0.3 is 9.15 Å². The number of esters is 1. The number of methoxy groups -OCH3 is 1. The average molecular weight is 468 g/mol. The number of amides is 2. The summed E-state index contributed by atoms with van der Waals surface area (Å²) in [6.07, 6.45) is 1.54. The van der Waals surface area contributed by atoms with Crippen molar-refractivity contribution >= 4 is 46.6 Å². The van der Waals surface area contributed by atoms with Crippen LogP contribution in [0.3, 0.4) is 0 Å². The third kappa shape index (κ3) is 4.49. The second kappa shape index (κ2) is 9.06. The number of furan rings is 1. The number of carbonyl (C=O) groups excluding carboxylic acids is 3. The van der Waals surface area contributed by atoms with E-state index in [1.54, 1.807) is 36.4 Å². The predicted octanol–water partition coefficient (Wildman–Crippen LogP) is 5.93. The Morgan fingerprint density at radius 3 is 2.59 bits per heavy atom. The van der Waals surface area contributed by atoms with E-state index in [2.05, 4.69) is 0 Å². The van der Waals surface area contributed by atoms with Crippen molar-refractivity contribution in [3.63, 3.8) is 0 Å². The van der Waals surface area contributed by atoms with Crippen LogP contribution in [0, 0.1) is 6.92 Å². The molecule has 0 spiro atoms. The first-order valence-electron chi connectivity index (χ1n) is 9.64. The predicted molar refractivity (Wildman–Crippen MR) is 123 cm³/mol. The van der Waals surface area contributed by atoms with Crippen LogP contribution < -0.4 is 0 Å². The molecule has 0 atom stereocenters. The molecule has 8 heteroatoms. The Balaban J connectivity index is 1.54. The molecule has 2 amide bonds. The Kier molecular flexibility index (Phi) is 6.21. The number of rotatable bonds is 5. The Labute approximate surface area is 193 Å². The van der Waals surface area contributed by atoms with Crippen molar-refractivity contribution in [3.8, 4) is 11.3 Å². The molecular formula is C24H18ClNO5S. The van der Waals surface area contributed by atoms with Crippen LogP contribution in [-0.4, -0.2) is 29.1 Å². The maximum atomic E-state index is 12.8. The van der Waals surface area contributed by atoms with Gasteiger partial charge in [0, 0.05) is 11.6 Å². The normalized spacial score (nSPS) is 15.0. The van der Waals surface area contributed by atoms with Gasteiger partial charge in [-0.05, 0) is 54.6 Å². The van der Waals surface area contributed by atoms with E-state index in [0.29, 0.717) is 17.1 Å². The molecule has 1 aliphatic heterocycles. The minimum Gasteiger partial charge on any atom is -0.465 e. The van der Waals surface area contributed by atoms with Crippen LogP contribution in [0.4, 0.5) is 4.79 Å². The molecule has 32 heavy (non-hydrogen) atoms. The highest BCUT2D eigenvalue weighted by molar-refractivity contribution is 8.18. The second-order valence-electron chi connectivity index (χ2n) is 7.14. The molecule has 1 saturated heterocycles. The summed E-state index contributed by atoms with van der Waals surface area (Å²) in [5, 5.41) is -0.0522. The zero-order valence-electron chi connectivity index (χ0n) is 17.3. The molecule has 0 saturated carbocycles. The molecule has 162 valence electrons. The van der Waals surface area contributed by atoms with Gasteiger partial charge in [0.2, 0.25) is 0 Å². The Hall–Kier alpha value is -3.29. The Morgan fingerprint density at radius 2 is 1.88 bits per heavy atom. The lowest BCUT2D eigenvalue weighted by atomic mass is 10.1. The highest BCUT2D eigenvalue weighted by Crippen LogP contribution is 2.34. The highest BCUT2D eigenvalue weighted by atomic mass is 35.5. The van der Waals surface area contributed by atoms with Gasteiger partial charge in [0.1, 0.15) is 11.5 Å². The number of ether oxygens (including phenoxy) is 1. The van der Waals surface area contributed by atoms with Crippen molar-refractivity contribution in [2.45, 2.75) is 13.5 Å².